The number of nitrogens with zero attached hydrogens (tertiary/aromatic N) is 1. The van der Waals surface area contributed by atoms with Crippen LogP contribution < -0.4 is 5.32 Å². The molecule has 0 aromatic heterocycles. The molecule has 1 atom stereocenters. The molecular weight excluding hydrogens is 308 g/mol. The number of benzene rings is 2. The lowest BCUT2D eigenvalue weighted by molar-refractivity contribution is 0.0723. The molecule has 0 saturated carbocycles. The molecule has 1 fully saturated rings. The van der Waals surface area contributed by atoms with E-state index < -0.39 is 0 Å². The molecule has 25 heavy (non-hydrogen) atoms. The van der Waals surface area contributed by atoms with Crippen LogP contribution in [0.4, 0.5) is 5.69 Å². The number of aryl methyl sites for hydroxylation is 2. The third-order valence-corrected chi connectivity index (χ3v) is 5.62. The normalized spacial score (nSPS) is 20.0. The molecule has 0 unspecified atom stereocenters. The van der Waals surface area contributed by atoms with Gasteiger partial charge in [-0.15, -0.1) is 0 Å². The standard InChI is InChI=1S/C22H28N2O/c1-16-8-9-20(11-17(16)2)23-12-18-5-3-6-19-13-24(15-22(18)19)14-21-7-4-10-25-21/h3,5-6,8-9,11,21,23H,4,7,10,12-15H2,1-2H3/t21-/m1/s1. The Bertz CT molecular complexity index is 750. The molecule has 0 aliphatic carbocycles. The second kappa shape index (κ2) is 7.19. The van der Waals surface area contributed by atoms with Crippen LogP contribution in [0.3, 0.4) is 0 Å². The quantitative estimate of drug-likeness (QED) is 0.875. The van der Waals surface area contributed by atoms with Crippen LogP contribution in [0.5, 0.6) is 0 Å². The number of rotatable bonds is 5. The van der Waals surface area contributed by atoms with Crippen LogP contribution in [-0.2, 0) is 24.4 Å². The van der Waals surface area contributed by atoms with Gasteiger partial charge in [-0.2, -0.15) is 0 Å². The van der Waals surface area contributed by atoms with Crippen molar-refractivity contribution in [3.8, 4) is 0 Å². The van der Waals surface area contributed by atoms with Gasteiger partial charge >= 0.3 is 0 Å². The minimum Gasteiger partial charge on any atom is -0.381 e. The summed E-state index contributed by atoms with van der Waals surface area (Å²) in [6.45, 7) is 9.34. The van der Waals surface area contributed by atoms with E-state index in [1.54, 1.807) is 0 Å². The lowest BCUT2D eigenvalue weighted by Crippen LogP contribution is -2.27. The maximum absolute atomic E-state index is 5.82. The number of hydrogen-bond donors (Lipinski definition) is 1. The Morgan fingerprint density at radius 2 is 2.04 bits per heavy atom. The van der Waals surface area contributed by atoms with E-state index in [-0.39, 0.29) is 0 Å². The molecule has 0 radical (unpaired) electrons. The van der Waals surface area contributed by atoms with Crippen molar-refractivity contribution >= 4 is 5.69 Å². The average Bonchev–Trinajstić information content (AvgIpc) is 3.25. The summed E-state index contributed by atoms with van der Waals surface area (Å²) in [6, 6.07) is 13.4. The van der Waals surface area contributed by atoms with E-state index in [0.717, 1.165) is 32.8 Å². The average molecular weight is 336 g/mol. The van der Waals surface area contributed by atoms with Crippen LogP contribution in [0.2, 0.25) is 0 Å². The maximum Gasteiger partial charge on any atom is 0.0703 e. The Hall–Kier alpha value is -1.84. The van der Waals surface area contributed by atoms with Gasteiger partial charge in [0.2, 0.25) is 0 Å². The third kappa shape index (κ3) is 3.73. The summed E-state index contributed by atoms with van der Waals surface area (Å²) in [7, 11) is 0. The molecule has 132 valence electrons. The van der Waals surface area contributed by atoms with Gasteiger partial charge in [-0.3, -0.25) is 4.90 Å². The monoisotopic (exact) mass is 336 g/mol. The Kier molecular flexibility index (Phi) is 4.78. The minimum atomic E-state index is 0.437. The van der Waals surface area contributed by atoms with E-state index in [2.05, 4.69) is 60.5 Å². The van der Waals surface area contributed by atoms with Crippen LogP contribution in [0.15, 0.2) is 36.4 Å². The van der Waals surface area contributed by atoms with Crippen LogP contribution >= 0.6 is 0 Å². The lowest BCUT2D eigenvalue weighted by Gasteiger charge is -2.19. The smallest absolute Gasteiger partial charge is 0.0703 e. The molecule has 2 aliphatic heterocycles. The molecule has 2 heterocycles. The highest BCUT2D eigenvalue weighted by molar-refractivity contribution is 5.49. The highest BCUT2D eigenvalue weighted by atomic mass is 16.5. The van der Waals surface area contributed by atoms with Crippen molar-refractivity contribution in [1.82, 2.24) is 4.90 Å². The SMILES string of the molecule is Cc1ccc(NCc2cccc3c2CN(C[C@H]2CCCO2)C3)cc1C. The van der Waals surface area contributed by atoms with Gasteiger partial charge in [0.25, 0.3) is 0 Å². The van der Waals surface area contributed by atoms with Crippen molar-refractivity contribution in [2.45, 2.75) is 52.4 Å². The summed E-state index contributed by atoms with van der Waals surface area (Å²) in [4.78, 5) is 2.54. The Morgan fingerprint density at radius 3 is 2.84 bits per heavy atom. The van der Waals surface area contributed by atoms with Crippen LogP contribution in [0.25, 0.3) is 0 Å². The zero-order chi connectivity index (χ0) is 17.2. The second-order valence-corrected chi connectivity index (χ2v) is 7.51. The molecule has 2 aromatic carbocycles. The molecular formula is C22H28N2O. The molecule has 1 N–H and O–H groups in total. The van der Waals surface area contributed by atoms with Gasteiger partial charge in [0.05, 0.1) is 6.10 Å². The lowest BCUT2D eigenvalue weighted by atomic mass is 10.0. The fraction of sp³-hybridized carbons (Fsp3) is 0.455. The fourth-order valence-corrected chi connectivity index (χ4v) is 3.98. The van der Waals surface area contributed by atoms with Gasteiger partial charge in [-0.1, -0.05) is 24.3 Å². The second-order valence-electron chi connectivity index (χ2n) is 7.51. The molecule has 3 nitrogen and oxygen atoms in total. The first kappa shape index (κ1) is 16.6. The van der Waals surface area contributed by atoms with Crippen LogP contribution in [0.1, 0.15) is 40.7 Å². The fourth-order valence-electron chi connectivity index (χ4n) is 3.98. The first-order valence-corrected chi connectivity index (χ1v) is 9.44. The van der Waals surface area contributed by atoms with Crippen molar-refractivity contribution in [3.63, 3.8) is 0 Å². The summed E-state index contributed by atoms with van der Waals surface area (Å²) in [5, 5.41) is 3.60. The highest BCUT2D eigenvalue weighted by Gasteiger charge is 2.25. The first-order chi connectivity index (χ1) is 12.2. The largest absolute Gasteiger partial charge is 0.381 e. The van der Waals surface area contributed by atoms with Crippen molar-refractivity contribution in [3.05, 3.63) is 64.2 Å². The van der Waals surface area contributed by atoms with E-state index in [0.29, 0.717) is 6.10 Å². The third-order valence-electron chi connectivity index (χ3n) is 5.62. The number of ether oxygens (including phenoxy) is 1. The Balaban J connectivity index is 1.42. The zero-order valence-electron chi connectivity index (χ0n) is 15.3. The molecule has 2 aromatic rings. The molecule has 1 saturated heterocycles. The molecule has 3 heteroatoms. The molecule has 0 spiro atoms. The zero-order valence-corrected chi connectivity index (χ0v) is 15.3. The number of fused-ring (bicyclic) bond motifs is 1. The van der Waals surface area contributed by atoms with E-state index in [9.17, 15) is 0 Å². The summed E-state index contributed by atoms with van der Waals surface area (Å²) in [5.41, 5.74) is 8.30. The Labute approximate surface area is 151 Å². The van der Waals surface area contributed by atoms with E-state index >= 15 is 0 Å². The van der Waals surface area contributed by atoms with Crippen molar-refractivity contribution in [2.75, 3.05) is 18.5 Å². The van der Waals surface area contributed by atoms with E-state index in [1.807, 2.05) is 0 Å². The molecule has 0 bridgehead atoms. The number of hydrogen-bond acceptors (Lipinski definition) is 3. The summed E-state index contributed by atoms with van der Waals surface area (Å²) in [5.74, 6) is 0. The molecule has 4 rings (SSSR count). The minimum absolute atomic E-state index is 0.437. The van der Waals surface area contributed by atoms with Crippen LogP contribution in [0, 0.1) is 13.8 Å². The van der Waals surface area contributed by atoms with E-state index in [1.165, 1.54) is 46.3 Å². The summed E-state index contributed by atoms with van der Waals surface area (Å²) < 4.78 is 5.82. The summed E-state index contributed by atoms with van der Waals surface area (Å²) in [6.07, 6.45) is 2.87. The predicted octanol–water partition coefficient (Wildman–Crippen LogP) is 4.41. The van der Waals surface area contributed by atoms with Gasteiger partial charge in [-0.25, -0.2) is 0 Å². The van der Waals surface area contributed by atoms with E-state index in [4.69, 9.17) is 4.74 Å². The first-order valence-electron chi connectivity index (χ1n) is 9.44. The van der Waals surface area contributed by atoms with Gasteiger partial charge in [0.15, 0.2) is 0 Å². The molecule has 2 aliphatic rings. The molecule has 0 amide bonds. The highest BCUT2D eigenvalue weighted by Crippen LogP contribution is 2.28. The van der Waals surface area contributed by atoms with Crippen molar-refractivity contribution in [2.24, 2.45) is 0 Å². The van der Waals surface area contributed by atoms with Gasteiger partial charge in [0.1, 0.15) is 0 Å². The Morgan fingerprint density at radius 1 is 1.12 bits per heavy atom. The summed E-state index contributed by atoms with van der Waals surface area (Å²) >= 11 is 0. The van der Waals surface area contributed by atoms with Crippen molar-refractivity contribution in [1.29, 1.82) is 0 Å². The topological polar surface area (TPSA) is 24.5 Å². The predicted molar refractivity (Wildman–Crippen MR) is 103 cm³/mol. The van der Waals surface area contributed by atoms with Gasteiger partial charge in [0, 0.05) is 38.5 Å². The maximum atomic E-state index is 5.82. The number of nitrogens with one attached hydrogen (secondary N) is 1. The van der Waals surface area contributed by atoms with Crippen LogP contribution in [-0.4, -0.2) is 24.2 Å². The number of anilines is 1. The van der Waals surface area contributed by atoms with Gasteiger partial charge < -0.3 is 10.1 Å². The van der Waals surface area contributed by atoms with Crippen molar-refractivity contribution < 1.29 is 4.74 Å². The van der Waals surface area contributed by atoms with Gasteiger partial charge in [-0.05, 0) is 66.6 Å².